The molecule has 0 N–H and O–H groups in total. The van der Waals surface area contributed by atoms with Gasteiger partial charge in [-0.05, 0) is 0 Å². The van der Waals surface area contributed by atoms with Gasteiger partial charge in [-0.2, -0.15) is 0 Å². The first-order chi connectivity index (χ1) is 3.92. The van der Waals surface area contributed by atoms with Crippen LogP contribution in [0, 0.1) is 0 Å². The Kier molecular flexibility index (Phi) is 2.30. The SMILES string of the molecule is ICI1C2C[I-]C1C2. The minimum atomic E-state index is -0.178. The molecule has 3 fully saturated rings. The summed E-state index contributed by atoms with van der Waals surface area (Å²) in [5, 5.41) is 0. The molecule has 3 heteroatoms. The van der Waals surface area contributed by atoms with Crippen LogP contribution in [0.15, 0.2) is 0 Å². The van der Waals surface area contributed by atoms with E-state index in [1.165, 1.54) is 5.86 Å². The number of fused-ring (bicyclic) bond motifs is 1. The Labute approximate surface area is 81.3 Å². The second-order valence-corrected chi connectivity index (χ2v) is 17.9. The summed E-state index contributed by atoms with van der Waals surface area (Å²) in [5.74, 6) is 0. The summed E-state index contributed by atoms with van der Waals surface area (Å²) in [6, 6.07) is 0. The van der Waals surface area contributed by atoms with Crippen LogP contribution in [-0.4, -0.2) is 12.7 Å². The van der Waals surface area contributed by atoms with Crippen molar-refractivity contribution >= 4 is 42.4 Å². The molecule has 0 aromatic rings. The van der Waals surface area contributed by atoms with Gasteiger partial charge in [0, 0.05) is 0 Å². The molecule has 3 aliphatic rings. The zero-order valence-corrected chi connectivity index (χ0v) is 10.9. The fourth-order valence-corrected chi connectivity index (χ4v) is 30.9. The fraction of sp³-hybridized carbons (Fsp3) is 1.00. The van der Waals surface area contributed by atoms with Gasteiger partial charge in [0.1, 0.15) is 0 Å². The van der Waals surface area contributed by atoms with Crippen LogP contribution in [-0.2, 0) is 0 Å². The Hall–Kier alpha value is 2.19. The first-order valence-corrected chi connectivity index (χ1v) is 11.0. The van der Waals surface area contributed by atoms with E-state index in [0.717, 1.165) is 21.2 Å². The second kappa shape index (κ2) is 2.67. The van der Waals surface area contributed by atoms with Gasteiger partial charge in [0.2, 0.25) is 0 Å². The molecule has 0 amide bonds. The van der Waals surface area contributed by atoms with E-state index >= 15 is 0 Å². The maximum absolute atomic E-state index is 2.62. The van der Waals surface area contributed by atoms with E-state index in [0.29, 0.717) is 0 Å². The molecule has 0 saturated carbocycles. The van der Waals surface area contributed by atoms with Crippen molar-refractivity contribution in [2.75, 3.05) is 6.86 Å². The standard InChI is InChI=1S/C5H8I3/c6-3-8-4-1-5(8)7-2-4/h4-5H,1-3H2/q-1. The van der Waals surface area contributed by atoms with Gasteiger partial charge in [0.15, 0.2) is 0 Å². The summed E-state index contributed by atoms with van der Waals surface area (Å²) in [6.45, 7) is 0. The number of alkyl halides is 6. The molecule has 50 valence electrons. The van der Waals surface area contributed by atoms with Gasteiger partial charge in [-0.15, -0.1) is 0 Å². The van der Waals surface area contributed by atoms with Crippen molar-refractivity contribution in [1.29, 1.82) is 0 Å². The molecule has 2 unspecified atom stereocenters. The van der Waals surface area contributed by atoms with Crippen molar-refractivity contribution < 1.29 is 21.2 Å². The zero-order chi connectivity index (χ0) is 5.56. The minimum absolute atomic E-state index is 0.178. The molecule has 0 spiro atoms. The van der Waals surface area contributed by atoms with Crippen LogP contribution >= 0.6 is 42.4 Å². The van der Waals surface area contributed by atoms with Crippen LogP contribution in [0.1, 0.15) is 6.42 Å². The third kappa shape index (κ3) is 0.943. The van der Waals surface area contributed by atoms with Crippen LogP contribution in [0.25, 0.3) is 0 Å². The third-order valence-electron chi connectivity index (χ3n) is 1.68. The van der Waals surface area contributed by atoms with Gasteiger partial charge in [0.25, 0.3) is 0 Å². The third-order valence-corrected chi connectivity index (χ3v) is 23.3. The molecule has 0 aliphatic carbocycles. The summed E-state index contributed by atoms with van der Waals surface area (Å²) >= 11 is 3.22. The average molecular weight is 449 g/mol. The Bertz CT molecular complexity index is 89.8. The molecule has 3 rings (SSSR count). The van der Waals surface area contributed by atoms with Crippen molar-refractivity contribution in [3.05, 3.63) is 0 Å². The molecule has 3 saturated heterocycles. The van der Waals surface area contributed by atoms with Crippen LogP contribution in [0.5, 0.6) is 0 Å². The Morgan fingerprint density at radius 2 is 2.62 bits per heavy atom. The molecule has 2 atom stereocenters. The van der Waals surface area contributed by atoms with Crippen molar-refractivity contribution in [1.82, 2.24) is 0 Å². The second-order valence-electron chi connectivity index (χ2n) is 2.07. The van der Waals surface area contributed by atoms with Gasteiger partial charge < -0.3 is 0 Å². The number of hydrogen-bond donors (Lipinski definition) is 0. The fourth-order valence-electron chi connectivity index (χ4n) is 1.12. The van der Waals surface area contributed by atoms with Crippen LogP contribution in [0.2, 0.25) is 0 Å². The monoisotopic (exact) mass is 449 g/mol. The van der Waals surface area contributed by atoms with Crippen LogP contribution < -0.4 is 21.2 Å². The van der Waals surface area contributed by atoms with Crippen LogP contribution in [0.3, 0.4) is 0 Å². The summed E-state index contributed by atoms with van der Waals surface area (Å²) < 4.78 is 6.14. The van der Waals surface area contributed by atoms with Gasteiger partial charge in [-0.3, -0.25) is 0 Å². The van der Waals surface area contributed by atoms with Gasteiger partial charge >= 0.3 is 82.8 Å². The molecule has 0 radical (unpaired) electrons. The first kappa shape index (κ1) is 6.87. The molecular weight excluding hydrogens is 441 g/mol. The summed E-state index contributed by atoms with van der Waals surface area (Å²) in [5.41, 5.74) is 0. The Morgan fingerprint density at radius 1 is 1.75 bits per heavy atom. The molecule has 8 heavy (non-hydrogen) atoms. The van der Waals surface area contributed by atoms with Crippen molar-refractivity contribution in [3.8, 4) is 0 Å². The molecule has 0 aromatic heterocycles. The summed E-state index contributed by atoms with van der Waals surface area (Å²) in [4.78, 5) is 0. The van der Waals surface area contributed by atoms with E-state index in [4.69, 9.17) is 0 Å². The van der Waals surface area contributed by atoms with E-state index in [1.54, 1.807) is 13.3 Å². The van der Waals surface area contributed by atoms with Gasteiger partial charge in [-0.25, -0.2) is 0 Å². The van der Waals surface area contributed by atoms with E-state index in [2.05, 4.69) is 22.6 Å². The molecule has 2 bridgehead atoms. The van der Waals surface area contributed by atoms with E-state index in [1.807, 2.05) is 0 Å². The molecule has 3 aliphatic heterocycles. The van der Waals surface area contributed by atoms with E-state index < -0.39 is 0 Å². The molecular formula is C5H8I3-. The first-order valence-electron chi connectivity index (χ1n) is 2.68. The molecule has 3 heterocycles. The van der Waals surface area contributed by atoms with Crippen molar-refractivity contribution in [2.45, 2.75) is 12.3 Å². The van der Waals surface area contributed by atoms with E-state index in [9.17, 15) is 0 Å². The van der Waals surface area contributed by atoms with E-state index in [-0.39, 0.29) is 19.8 Å². The Balaban J connectivity index is 2.02. The number of halogens is 3. The topological polar surface area (TPSA) is 0 Å². The zero-order valence-electron chi connectivity index (χ0n) is 4.41. The molecule has 0 nitrogen and oxygen atoms in total. The van der Waals surface area contributed by atoms with Gasteiger partial charge in [0.05, 0.1) is 0 Å². The van der Waals surface area contributed by atoms with Crippen molar-refractivity contribution in [2.24, 2.45) is 0 Å². The quantitative estimate of drug-likeness (QED) is 0.360. The van der Waals surface area contributed by atoms with Crippen molar-refractivity contribution in [3.63, 3.8) is 0 Å². The average Bonchev–Trinajstić information content (AvgIpc) is 2.19. The maximum atomic E-state index is 2.62. The number of rotatable bonds is 1. The van der Waals surface area contributed by atoms with Crippen LogP contribution in [0.4, 0.5) is 0 Å². The summed E-state index contributed by atoms with van der Waals surface area (Å²) in [6.07, 6.45) is 1.70. The Morgan fingerprint density at radius 3 is 2.88 bits per heavy atom. The number of hydrogen-bond acceptors (Lipinski definition) is 0. The summed E-state index contributed by atoms with van der Waals surface area (Å²) in [7, 11) is 0. The molecule has 0 aromatic carbocycles. The predicted octanol–water partition coefficient (Wildman–Crippen LogP) is -0.914. The van der Waals surface area contributed by atoms with Gasteiger partial charge in [-0.1, -0.05) is 0 Å². The normalized spacial score (nSPS) is 47.9. The predicted molar refractivity (Wildman–Crippen MR) is 50.0 cm³/mol.